The van der Waals surface area contributed by atoms with Gasteiger partial charge in [0, 0.05) is 44.5 Å². The molecule has 0 aromatic carbocycles. The molecule has 2 rings (SSSR count). The van der Waals surface area contributed by atoms with Gasteiger partial charge in [-0.2, -0.15) is 0 Å². The van der Waals surface area contributed by atoms with Crippen molar-refractivity contribution in [3.05, 3.63) is 117 Å². The Hall–Kier alpha value is -4.52. The molecule has 0 radical (unpaired) electrons. The molecule has 0 bridgehead atoms. The molecule has 2 aliphatic rings. The molecular weight excluding hydrogens is 791 g/mol. The maximum Gasteiger partial charge on any atom is 0.244 e. The second-order valence-corrected chi connectivity index (χ2v) is 19.8. The normalized spacial score (nSPS) is 18.2. The highest BCUT2D eigenvalue weighted by atomic mass is 16.2. The Kier molecular flexibility index (Phi) is 25.9. The smallest absolute Gasteiger partial charge is 0.244 e. The monoisotopic (exact) mass is 878 g/mol. The molecule has 0 aliphatic heterocycles. The summed E-state index contributed by atoms with van der Waals surface area (Å²) < 4.78 is 0. The Bertz CT molecular complexity index is 1870. The Morgan fingerprint density at radius 3 is 1.58 bits per heavy atom. The van der Waals surface area contributed by atoms with Crippen molar-refractivity contribution in [2.75, 3.05) is 19.6 Å². The molecule has 3 amide bonds. The summed E-state index contributed by atoms with van der Waals surface area (Å²) in [5, 5.41) is 8.99. The summed E-state index contributed by atoms with van der Waals surface area (Å²) in [5.41, 5.74) is 10.3. The van der Waals surface area contributed by atoms with Gasteiger partial charge >= 0.3 is 0 Å². The van der Waals surface area contributed by atoms with E-state index in [0.717, 1.165) is 54.4 Å². The molecule has 0 heterocycles. The predicted octanol–water partition coefficient (Wildman–Crippen LogP) is 13.5. The number of carbonyl (C=O) groups is 4. The first-order chi connectivity index (χ1) is 30.3. The molecule has 7 heteroatoms. The first-order valence-corrected chi connectivity index (χ1v) is 24.5. The number of hydrogen-bond acceptors (Lipinski definition) is 4. The van der Waals surface area contributed by atoms with Gasteiger partial charge in [-0.15, -0.1) is 0 Å². The van der Waals surface area contributed by atoms with Crippen LogP contribution in [-0.2, 0) is 19.2 Å². The van der Waals surface area contributed by atoms with Crippen LogP contribution in [0.25, 0.3) is 0 Å². The van der Waals surface area contributed by atoms with E-state index in [1.165, 1.54) is 60.8 Å². The number of hydrogen-bond donors (Lipinski definition) is 3. The van der Waals surface area contributed by atoms with Crippen LogP contribution in [0.4, 0.5) is 0 Å². The molecule has 64 heavy (non-hydrogen) atoms. The van der Waals surface area contributed by atoms with Crippen LogP contribution in [0.15, 0.2) is 117 Å². The number of ketones is 1. The highest BCUT2D eigenvalue weighted by Crippen LogP contribution is 2.42. The number of nitrogens with one attached hydrogen (secondary N) is 3. The number of allylic oxidation sites excluding steroid dienone is 19. The summed E-state index contributed by atoms with van der Waals surface area (Å²) in [4.78, 5) is 50.9. The average molecular weight is 878 g/mol. The molecule has 0 saturated carbocycles. The predicted molar refractivity (Wildman–Crippen MR) is 272 cm³/mol. The third-order valence-corrected chi connectivity index (χ3v) is 12.7. The molecule has 2 aliphatic carbocycles. The summed E-state index contributed by atoms with van der Waals surface area (Å²) in [7, 11) is 0. The minimum absolute atomic E-state index is 0.0660. The lowest BCUT2D eigenvalue weighted by atomic mass is 9.72. The summed E-state index contributed by atoms with van der Waals surface area (Å²) in [6.45, 7) is 25.5. The largest absolute Gasteiger partial charge is 0.356 e. The maximum atomic E-state index is 13.4. The summed E-state index contributed by atoms with van der Waals surface area (Å²) >= 11 is 0. The minimum atomic E-state index is -0.443. The number of amides is 3. The van der Waals surface area contributed by atoms with Crippen molar-refractivity contribution in [3.8, 4) is 0 Å². The van der Waals surface area contributed by atoms with E-state index in [-0.39, 0.29) is 40.8 Å². The lowest BCUT2D eigenvalue weighted by molar-refractivity contribution is -0.128. The number of rotatable bonds is 27. The van der Waals surface area contributed by atoms with Gasteiger partial charge < -0.3 is 16.0 Å². The van der Waals surface area contributed by atoms with Crippen LogP contribution >= 0.6 is 0 Å². The molecule has 0 fully saturated rings. The van der Waals surface area contributed by atoms with Gasteiger partial charge in [-0.25, -0.2) is 0 Å². The summed E-state index contributed by atoms with van der Waals surface area (Å²) in [5.74, 6) is -0.658. The Morgan fingerprint density at radius 1 is 0.594 bits per heavy atom. The van der Waals surface area contributed by atoms with Gasteiger partial charge in [0.05, 0.1) is 0 Å². The van der Waals surface area contributed by atoms with Gasteiger partial charge in [0.1, 0.15) is 0 Å². The van der Waals surface area contributed by atoms with Crippen LogP contribution in [0.3, 0.4) is 0 Å². The van der Waals surface area contributed by atoms with Gasteiger partial charge in [0.2, 0.25) is 17.7 Å². The standard InChI is InChI=1S/C57H87N3O4/c1-12-53(62)58-37-17-14-13-15-18-39-60-55(64)49(42-50(61)40-45(4)26-20-24-43(2)31-33-51-47(6)28-22-35-56(51,8)9)30-16-19-38-59-54(63)41-46(5)27-21-25-44(3)32-34-52-48(7)29-23-36-57(52,10)11/h20-21,24-27,31-34,40-41,49H,12-19,22-23,28-30,35-39,42H2,1-11H3,(H,58,62)(H,59,63)(H,60,64)/b26-20+,27-21+,33-31+,34-32+,43-24+,44-25+,45-40+,46-41+. The molecule has 354 valence electrons. The van der Waals surface area contributed by atoms with Crippen LogP contribution in [0, 0.1) is 16.7 Å². The fourth-order valence-electron chi connectivity index (χ4n) is 8.72. The van der Waals surface area contributed by atoms with Crippen LogP contribution < -0.4 is 16.0 Å². The first kappa shape index (κ1) is 55.6. The van der Waals surface area contributed by atoms with E-state index in [1.54, 1.807) is 12.2 Å². The fourth-order valence-corrected chi connectivity index (χ4v) is 8.72. The third kappa shape index (κ3) is 22.9. The fraction of sp³-hybridized carbons (Fsp3) is 0.579. The highest BCUT2D eigenvalue weighted by molar-refractivity contribution is 5.94. The summed E-state index contributed by atoms with van der Waals surface area (Å²) in [6, 6.07) is 0. The molecule has 0 aromatic heterocycles. The van der Waals surface area contributed by atoms with Gasteiger partial charge in [-0.05, 0) is 145 Å². The molecule has 1 unspecified atom stereocenters. The van der Waals surface area contributed by atoms with Crippen molar-refractivity contribution in [1.29, 1.82) is 0 Å². The van der Waals surface area contributed by atoms with Gasteiger partial charge in [-0.3, -0.25) is 19.2 Å². The van der Waals surface area contributed by atoms with Gasteiger partial charge in [0.15, 0.2) is 5.78 Å². The molecule has 7 nitrogen and oxygen atoms in total. The second kappa shape index (κ2) is 29.8. The van der Waals surface area contributed by atoms with E-state index >= 15 is 0 Å². The molecule has 1 atom stereocenters. The van der Waals surface area contributed by atoms with Crippen LogP contribution in [0.2, 0.25) is 0 Å². The zero-order valence-electron chi connectivity index (χ0n) is 42.1. The van der Waals surface area contributed by atoms with E-state index in [1.807, 2.05) is 45.1 Å². The molecule has 0 aromatic rings. The van der Waals surface area contributed by atoms with E-state index in [2.05, 4.69) is 108 Å². The molecule has 0 spiro atoms. The minimum Gasteiger partial charge on any atom is -0.356 e. The molecule has 0 saturated heterocycles. The van der Waals surface area contributed by atoms with Crippen molar-refractivity contribution in [2.24, 2.45) is 16.7 Å². The zero-order chi connectivity index (χ0) is 47.5. The third-order valence-electron chi connectivity index (χ3n) is 12.7. The van der Waals surface area contributed by atoms with Crippen LogP contribution in [-0.4, -0.2) is 43.1 Å². The molecule has 3 N–H and O–H groups in total. The summed E-state index contributed by atoms with van der Waals surface area (Å²) in [6.07, 6.45) is 38.9. The Balaban J connectivity index is 1.94. The lowest BCUT2D eigenvalue weighted by Gasteiger charge is -2.33. The Labute approximate surface area is 390 Å². The van der Waals surface area contributed by atoms with E-state index in [9.17, 15) is 19.2 Å². The van der Waals surface area contributed by atoms with Crippen molar-refractivity contribution in [3.63, 3.8) is 0 Å². The first-order valence-electron chi connectivity index (χ1n) is 24.5. The van der Waals surface area contributed by atoms with E-state index < -0.39 is 5.92 Å². The van der Waals surface area contributed by atoms with Crippen LogP contribution in [0.1, 0.15) is 179 Å². The van der Waals surface area contributed by atoms with E-state index in [0.29, 0.717) is 45.3 Å². The maximum absolute atomic E-state index is 13.4. The quantitative estimate of drug-likeness (QED) is 0.0434. The molecular formula is C57H87N3O4. The number of unbranched alkanes of at least 4 members (excludes halogenated alkanes) is 5. The van der Waals surface area contributed by atoms with Crippen molar-refractivity contribution < 1.29 is 19.2 Å². The SMILES string of the molecule is CCC(=O)NCCCCCCCNC(=O)C(CCCCNC(=O)/C=C(C)/C=C/C=C(C)/C=C/C1=C(C)CCCC1(C)C)CC(=O)/C=C(C)/C=C/C=C(C)/C=C/C1=C(C)CCCC1(C)C. The number of carbonyl (C=O) groups excluding carboxylic acids is 4. The average Bonchev–Trinajstić information content (AvgIpc) is 3.21. The van der Waals surface area contributed by atoms with E-state index in [4.69, 9.17) is 0 Å². The second-order valence-electron chi connectivity index (χ2n) is 19.8. The lowest BCUT2D eigenvalue weighted by Crippen LogP contribution is -2.33. The van der Waals surface area contributed by atoms with Gasteiger partial charge in [0.25, 0.3) is 0 Å². The van der Waals surface area contributed by atoms with Crippen molar-refractivity contribution in [1.82, 2.24) is 16.0 Å². The van der Waals surface area contributed by atoms with Crippen molar-refractivity contribution >= 4 is 23.5 Å². The van der Waals surface area contributed by atoms with Crippen LogP contribution in [0.5, 0.6) is 0 Å². The van der Waals surface area contributed by atoms with Gasteiger partial charge in [-0.1, -0.05) is 143 Å². The topological polar surface area (TPSA) is 104 Å². The Morgan fingerprint density at radius 2 is 1.06 bits per heavy atom. The zero-order valence-corrected chi connectivity index (χ0v) is 42.1. The van der Waals surface area contributed by atoms with Crippen molar-refractivity contribution in [2.45, 2.75) is 179 Å². The highest BCUT2D eigenvalue weighted by Gasteiger charge is 2.27.